The van der Waals surface area contributed by atoms with E-state index in [4.69, 9.17) is 19.9 Å². The van der Waals surface area contributed by atoms with Gasteiger partial charge in [0, 0.05) is 24.3 Å². The third-order valence-corrected chi connectivity index (χ3v) is 3.88. The first-order valence-electron chi connectivity index (χ1n) is 9.56. The van der Waals surface area contributed by atoms with Gasteiger partial charge in [-0.3, -0.25) is 10.1 Å². The lowest BCUT2D eigenvalue weighted by molar-refractivity contribution is 0.1000. The van der Waals surface area contributed by atoms with E-state index in [1.165, 1.54) is 0 Å². The summed E-state index contributed by atoms with van der Waals surface area (Å²) >= 11 is 0. The maximum absolute atomic E-state index is 11.3. The monoisotopic (exact) mass is 417 g/mol. The van der Waals surface area contributed by atoms with Crippen LogP contribution in [-0.2, 0) is 4.74 Å². The molecule has 1 atom stereocenters. The fourth-order valence-electron chi connectivity index (χ4n) is 2.40. The molecule has 0 saturated heterocycles. The summed E-state index contributed by atoms with van der Waals surface area (Å²) in [6, 6.07) is 13.3. The highest BCUT2D eigenvalue weighted by molar-refractivity contribution is 5.92. The number of carbonyl (C=O) groups excluding carboxylic acids is 2. The zero-order chi connectivity index (χ0) is 21.8. The molecular weight excluding hydrogens is 390 g/mol. The number of nitrogens with two attached hydrogens (primary N) is 1. The molecule has 9 heteroatoms. The Morgan fingerprint density at radius 2 is 1.67 bits per heavy atom. The van der Waals surface area contributed by atoms with Crippen molar-refractivity contribution in [2.75, 3.05) is 38.2 Å². The van der Waals surface area contributed by atoms with Crippen LogP contribution in [0.5, 0.6) is 11.5 Å². The van der Waals surface area contributed by atoms with Crippen molar-refractivity contribution in [2.24, 2.45) is 5.73 Å². The number of hydrogen-bond donors (Lipinski definition) is 4. The Morgan fingerprint density at radius 1 is 1.03 bits per heavy atom. The standard InChI is InChI=1S/C21H27N3O6/c1-2-28-21(27)24-16-5-9-19(10-6-16)30-14-17(25)13-23-11-12-29-18-7-3-15(4-8-18)20(22)26/h3-10,17,23,25H,2,11-14H2,1H3,(H2,22,26)(H,24,27). The molecule has 2 aromatic rings. The summed E-state index contributed by atoms with van der Waals surface area (Å²) in [5, 5.41) is 15.7. The zero-order valence-corrected chi connectivity index (χ0v) is 16.8. The van der Waals surface area contributed by atoms with Crippen LogP contribution in [0.25, 0.3) is 0 Å². The van der Waals surface area contributed by atoms with Gasteiger partial charge in [0.15, 0.2) is 0 Å². The third kappa shape index (κ3) is 8.38. The lowest BCUT2D eigenvalue weighted by Crippen LogP contribution is -2.33. The van der Waals surface area contributed by atoms with Crippen molar-refractivity contribution < 1.29 is 28.9 Å². The van der Waals surface area contributed by atoms with Crippen LogP contribution in [0, 0.1) is 0 Å². The third-order valence-electron chi connectivity index (χ3n) is 3.88. The van der Waals surface area contributed by atoms with Crippen molar-refractivity contribution in [2.45, 2.75) is 13.0 Å². The molecule has 0 bridgehead atoms. The summed E-state index contributed by atoms with van der Waals surface area (Å²) < 4.78 is 15.9. The van der Waals surface area contributed by atoms with E-state index < -0.39 is 18.1 Å². The second-order valence-electron chi connectivity index (χ2n) is 6.28. The van der Waals surface area contributed by atoms with Gasteiger partial charge in [-0.25, -0.2) is 4.79 Å². The van der Waals surface area contributed by atoms with Crippen LogP contribution in [-0.4, -0.2) is 56.1 Å². The smallest absolute Gasteiger partial charge is 0.411 e. The van der Waals surface area contributed by atoms with Crippen molar-refractivity contribution in [3.8, 4) is 11.5 Å². The van der Waals surface area contributed by atoms with E-state index in [1.54, 1.807) is 55.5 Å². The molecule has 0 spiro atoms. The van der Waals surface area contributed by atoms with Crippen LogP contribution in [0.1, 0.15) is 17.3 Å². The number of ether oxygens (including phenoxy) is 3. The van der Waals surface area contributed by atoms with E-state index >= 15 is 0 Å². The number of amides is 2. The van der Waals surface area contributed by atoms with Crippen LogP contribution < -0.4 is 25.8 Å². The highest BCUT2D eigenvalue weighted by Gasteiger charge is 2.06. The van der Waals surface area contributed by atoms with E-state index in [-0.39, 0.29) is 6.61 Å². The second-order valence-corrected chi connectivity index (χ2v) is 6.28. The van der Waals surface area contributed by atoms with E-state index in [2.05, 4.69) is 10.6 Å². The Hall–Kier alpha value is -3.30. The lowest BCUT2D eigenvalue weighted by atomic mass is 10.2. The molecule has 0 aliphatic carbocycles. The number of hydrogen-bond acceptors (Lipinski definition) is 7. The molecule has 5 N–H and O–H groups in total. The average Bonchev–Trinajstić information content (AvgIpc) is 2.73. The maximum atomic E-state index is 11.3. The molecular formula is C21H27N3O6. The Kier molecular flexibility index (Phi) is 9.43. The van der Waals surface area contributed by atoms with Gasteiger partial charge < -0.3 is 30.4 Å². The van der Waals surface area contributed by atoms with Gasteiger partial charge in [0.1, 0.15) is 30.8 Å². The number of anilines is 1. The quantitative estimate of drug-likeness (QED) is 0.387. The Morgan fingerprint density at radius 3 is 2.30 bits per heavy atom. The maximum Gasteiger partial charge on any atom is 0.411 e. The number of aliphatic hydroxyl groups excluding tert-OH is 1. The minimum absolute atomic E-state index is 0.118. The molecule has 30 heavy (non-hydrogen) atoms. The number of primary amides is 1. The summed E-state index contributed by atoms with van der Waals surface area (Å²) in [4.78, 5) is 22.4. The number of aliphatic hydroxyl groups is 1. The van der Waals surface area contributed by atoms with Gasteiger partial charge in [-0.15, -0.1) is 0 Å². The Balaban J connectivity index is 1.59. The molecule has 0 fully saturated rings. The molecule has 162 valence electrons. The van der Waals surface area contributed by atoms with Gasteiger partial charge in [-0.2, -0.15) is 0 Å². The first kappa shape index (κ1) is 23.0. The first-order valence-corrected chi connectivity index (χ1v) is 9.56. The number of carbonyl (C=O) groups is 2. The van der Waals surface area contributed by atoms with Gasteiger partial charge >= 0.3 is 6.09 Å². The van der Waals surface area contributed by atoms with Crippen LogP contribution in [0.2, 0.25) is 0 Å². The van der Waals surface area contributed by atoms with E-state index in [0.717, 1.165) is 0 Å². The van der Waals surface area contributed by atoms with Crippen molar-refractivity contribution in [1.29, 1.82) is 0 Å². The average molecular weight is 417 g/mol. The van der Waals surface area contributed by atoms with Crippen molar-refractivity contribution in [3.63, 3.8) is 0 Å². The SMILES string of the molecule is CCOC(=O)Nc1ccc(OCC(O)CNCCOc2ccc(C(N)=O)cc2)cc1. The number of benzene rings is 2. The molecule has 0 aliphatic heterocycles. The van der Waals surface area contributed by atoms with Gasteiger partial charge in [0.25, 0.3) is 0 Å². The highest BCUT2D eigenvalue weighted by atomic mass is 16.5. The molecule has 0 aromatic heterocycles. The normalized spacial score (nSPS) is 11.4. The molecule has 0 saturated carbocycles. The van der Waals surface area contributed by atoms with Crippen LogP contribution in [0.3, 0.4) is 0 Å². The van der Waals surface area contributed by atoms with Crippen LogP contribution in [0.4, 0.5) is 10.5 Å². The van der Waals surface area contributed by atoms with Crippen LogP contribution >= 0.6 is 0 Å². The number of rotatable bonds is 12. The molecule has 2 aromatic carbocycles. The summed E-state index contributed by atoms with van der Waals surface area (Å²) in [5.41, 5.74) is 6.20. The van der Waals surface area contributed by atoms with Crippen molar-refractivity contribution in [3.05, 3.63) is 54.1 Å². The molecule has 2 rings (SSSR count). The molecule has 0 heterocycles. The van der Waals surface area contributed by atoms with Crippen LogP contribution in [0.15, 0.2) is 48.5 Å². The largest absolute Gasteiger partial charge is 0.492 e. The zero-order valence-electron chi connectivity index (χ0n) is 16.8. The van der Waals surface area contributed by atoms with E-state index in [1.807, 2.05) is 0 Å². The minimum atomic E-state index is -0.697. The Labute approximate surface area is 175 Å². The molecule has 1 unspecified atom stereocenters. The summed E-state index contributed by atoms with van der Waals surface area (Å²) in [6.07, 6.45) is -1.21. The molecule has 9 nitrogen and oxygen atoms in total. The molecule has 2 amide bonds. The lowest BCUT2D eigenvalue weighted by Gasteiger charge is -2.14. The van der Waals surface area contributed by atoms with Gasteiger partial charge in [0.05, 0.1) is 6.61 Å². The van der Waals surface area contributed by atoms with Crippen molar-refractivity contribution >= 4 is 17.7 Å². The second kappa shape index (κ2) is 12.3. The summed E-state index contributed by atoms with van der Waals surface area (Å²) in [5.74, 6) is 0.724. The topological polar surface area (TPSA) is 132 Å². The predicted molar refractivity (Wildman–Crippen MR) is 112 cm³/mol. The molecule has 0 radical (unpaired) electrons. The van der Waals surface area contributed by atoms with Gasteiger partial charge in [-0.05, 0) is 55.5 Å². The summed E-state index contributed by atoms with van der Waals surface area (Å²) in [6.45, 7) is 3.42. The van der Waals surface area contributed by atoms with Crippen molar-refractivity contribution in [1.82, 2.24) is 5.32 Å². The summed E-state index contributed by atoms with van der Waals surface area (Å²) in [7, 11) is 0. The fraction of sp³-hybridized carbons (Fsp3) is 0.333. The minimum Gasteiger partial charge on any atom is -0.492 e. The van der Waals surface area contributed by atoms with Gasteiger partial charge in [-0.1, -0.05) is 0 Å². The first-order chi connectivity index (χ1) is 14.5. The van der Waals surface area contributed by atoms with E-state index in [0.29, 0.717) is 49.1 Å². The van der Waals surface area contributed by atoms with E-state index in [9.17, 15) is 14.7 Å². The number of nitrogens with one attached hydrogen (secondary N) is 2. The predicted octanol–water partition coefficient (Wildman–Crippen LogP) is 1.76. The van der Waals surface area contributed by atoms with Gasteiger partial charge in [0.2, 0.25) is 5.91 Å². The molecule has 0 aliphatic rings. The highest BCUT2D eigenvalue weighted by Crippen LogP contribution is 2.16. The Bertz CT molecular complexity index is 795. The fourth-order valence-corrected chi connectivity index (χ4v) is 2.40.